The van der Waals surface area contributed by atoms with Crippen LogP contribution in [-0.2, 0) is 13.5 Å². The topological polar surface area (TPSA) is 37.2 Å². The molecule has 0 bridgehead atoms. The molecule has 1 atom stereocenters. The van der Waals surface area contributed by atoms with Crippen molar-refractivity contribution in [2.75, 3.05) is 13.1 Å². The van der Waals surface area contributed by atoms with Crippen LogP contribution < -0.4 is 5.32 Å². The van der Waals surface area contributed by atoms with E-state index in [-0.39, 0.29) is 0 Å². The highest BCUT2D eigenvalue weighted by atomic mass is 16.3. The smallest absolute Gasteiger partial charge is 0.0823 e. The highest BCUT2D eigenvalue weighted by Gasteiger charge is 2.30. The van der Waals surface area contributed by atoms with Gasteiger partial charge in [0.15, 0.2) is 0 Å². The Morgan fingerprint density at radius 3 is 3.06 bits per heavy atom. The van der Waals surface area contributed by atoms with Gasteiger partial charge >= 0.3 is 0 Å². The summed E-state index contributed by atoms with van der Waals surface area (Å²) in [6.07, 6.45) is 3.66. The lowest BCUT2D eigenvalue weighted by atomic mass is 9.93. The highest BCUT2D eigenvalue weighted by Crippen LogP contribution is 2.23. The van der Waals surface area contributed by atoms with Crippen molar-refractivity contribution in [3.8, 4) is 0 Å². The maximum absolute atomic E-state index is 10.4. The molecule has 1 aromatic carbocycles. The number of nitrogens with zero attached hydrogens (tertiary/aromatic N) is 1. The van der Waals surface area contributed by atoms with Gasteiger partial charge in [-0.2, -0.15) is 0 Å². The van der Waals surface area contributed by atoms with E-state index in [1.165, 1.54) is 16.5 Å². The van der Waals surface area contributed by atoms with Gasteiger partial charge in [-0.25, -0.2) is 0 Å². The number of β-amino-alcohol motifs (C(OH)–C–C–N with tert-alkyl or cyclic N) is 1. The maximum Gasteiger partial charge on any atom is 0.0823 e. The molecule has 90 valence electrons. The molecule has 1 aliphatic heterocycles. The summed E-state index contributed by atoms with van der Waals surface area (Å²) in [5.41, 5.74) is 1.91. The molecule has 1 fully saturated rings. The summed E-state index contributed by atoms with van der Waals surface area (Å²) in [5, 5.41) is 14.8. The third-order valence-corrected chi connectivity index (χ3v) is 3.70. The van der Waals surface area contributed by atoms with Crippen molar-refractivity contribution < 1.29 is 5.11 Å². The van der Waals surface area contributed by atoms with E-state index >= 15 is 0 Å². The van der Waals surface area contributed by atoms with Crippen LogP contribution in [0.15, 0.2) is 30.5 Å². The zero-order chi connectivity index (χ0) is 11.9. The van der Waals surface area contributed by atoms with Gasteiger partial charge in [0.05, 0.1) is 5.60 Å². The molecule has 1 aliphatic rings. The van der Waals surface area contributed by atoms with E-state index in [4.69, 9.17) is 0 Å². The van der Waals surface area contributed by atoms with Crippen molar-refractivity contribution in [3.63, 3.8) is 0 Å². The van der Waals surface area contributed by atoms with Gasteiger partial charge < -0.3 is 15.0 Å². The summed E-state index contributed by atoms with van der Waals surface area (Å²) in [6, 6.07) is 8.57. The fourth-order valence-electron chi connectivity index (χ4n) is 2.70. The number of aromatic nitrogens is 1. The van der Waals surface area contributed by atoms with E-state index in [1.807, 2.05) is 0 Å². The van der Waals surface area contributed by atoms with Gasteiger partial charge in [0.1, 0.15) is 0 Å². The molecular weight excluding hydrogens is 212 g/mol. The van der Waals surface area contributed by atoms with Gasteiger partial charge in [-0.05, 0) is 42.1 Å². The Bertz CT molecular complexity index is 538. The molecule has 1 unspecified atom stereocenters. The van der Waals surface area contributed by atoms with Crippen LogP contribution in [0.4, 0.5) is 0 Å². The Kier molecular flexibility index (Phi) is 2.45. The maximum atomic E-state index is 10.4. The summed E-state index contributed by atoms with van der Waals surface area (Å²) >= 11 is 0. The third-order valence-electron chi connectivity index (χ3n) is 3.70. The van der Waals surface area contributed by atoms with Crippen molar-refractivity contribution in [1.82, 2.24) is 9.88 Å². The quantitative estimate of drug-likeness (QED) is 0.819. The Hall–Kier alpha value is -1.32. The average molecular weight is 230 g/mol. The van der Waals surface area contributed by atoms with Crippen LogP contribution in [0.2, 0.25) is 0 Å². The number of hydrogen-bond donors (Lipinski definition) is 2. The van der Waals surface area contributed by atoms with Crippen LogP contribution in [0.3, 0.4) is 0 Å². The molecule has 3 heteroatoms. The normalized spacial score (nSPS) is 24.6. The monoisotopic (exact) mass is 230 g/mol. The second-order valence-electron chi connectivity index (χ2n) is 5.15. The first-order valence-corrected chi connectivity index (χ1v) is 6.13. The number of rotatable bonds is 2. The van der Waals surface area contributed by atoms with Gasteiger partial charge in [0.2, 0.25) is 0 Å². The molecule has 0 spiro atoms. The molecule has 3 nitrogen and oxygen atoms in total. The van der Waals surface area contributed by atoms with E-state index in [9.17, 15) is 5.11 Å². The van der Waals surface area contributed by atoms with Crippen molar-refractivity contribution in [1.29, 1.82) is 0 Å². The Morgan fingerprint density at radius 1 is 1.41 bits per heavy atom. The molecule has 0 radical (unpaired) electrons. The number of nitrogens with one attached hydrogen (secondary N) is 1. The Balaban J connectivity index is 1.90. The molecular formula is C14H18N2O. The molecule has 2 aromatic rings. The van der Waals surface area contributed by atoms with Gasteiger partial charge in [-0.3, -0.25) is 0 Å². The van der Waals surface area contributed by atoms with Crippen LogP contribution in [0, 0.1) is 0 Å². The number of aliphatic hydroxyl groups is 1. The predicted octanol–water partition coefficient (Wildman–Crippen LogP) is 1.45. The molecule has 0 saturated carbocycles. The fraction of sp³-hybridized carbons (Fsp3) is 0.429. The fourth-order valence-corrected chi connectivity index (χ4v) is 2.70. The largest absolute Gasteiger partial charge is 0.388 e. The predicted molar refractivity (Wildman–Crippen MR) is 69.1 cm³/mol. The molecule has 17 heavy (non-hydrogen) atoms. The lowest BCUT2D eigenvalue weighted by molar-refractivity contribution is 0.0619. The first kappa shape index (κ1) is 10.8. The standard InChI is InChI=1S/C14H18N2O/c1-16-7-4-12-8-11(2-3-13(12)16)9-14(17)5-6-15-10-14/h2-4,7-8,15,17H,5-6,9-10H2,1H3. The highest BCUT2D eigenvalue weighted by molar-refractivity contribution is 5.80. The van der Waals surface area contributed by atoms with Crippen molar-refractivity contribution >= 4 is 10.9 Å². The minimum absolute atomic E-state index is 0.553. The zero-order valence-corrected chi connectivity index (χ0v) is 10.1. The molecule has 2 heterocycles. The number of fused-ring (bicyclic) bond motifs is 1. The minimum Gasteiger partial charge on any atom is -0.388 e. The molecule has 3 rings (SSSR count). The first-order chi connectivity index (χ1) is 8.16. The molecule has 1 aromatic heterocycles. The van der Waals surface area contributed by atoms with Crippen molar-refractivity contribution in [2.24, 2.45) is 7.05 Å². The second-order valence-corrected chi connectivity index (χ2v) is 5.15. The summed E-state index contributed by atoms with van der Waals surface area (Å²) in [6.45, 7) is 1.63. The zero-order valence-electron chi connectivity index (χ0n) is 10.1. The third kappa shape index (κ3) is 1.96. The summed E-state index contributed by atoms with van der Waals surface area (Å²) in [4.78, 5) is 0. The lowest BCUT2D eigenvalue weighted by Crippen LogP contribution is -2.33. The van der Waals surface area contributed by atoms with Crippen LogP contribution in [0.1, 0.15) is 12.0 Å². The van der Waals surface area contributed by atoms with Gasteiger partial charge in [0, 0.05) is 31.7 Å². The molecule has 0 amide bonds. The number of hydrogen-bond acceptors (Lipinski definition) is 2. The second kappa shape index (κ2) is 3.86. The lowest BCUT2D eigenvalue weighted by Gasteiger charge is -2.21. The van der Waals surface area contributed by atoms with Crippen molar-refractivity contribution in [3.05, 3.63) is 36.0 Å². The number of aryl methyl sites for hydroxylation is 1. The summed E-state index contributed by atoms with van der Waals surface area (Å²) in [5.74, 6) is 0. The van der Waals surface area contributed by atoms with Gasteiger partial charge in [0.25, 0.3) is 0 Å². The van der Waals surface area contributed by atoms with E-state index in [1.54, 1.807) is 0 Å². The van der Waals surface area contributed by atoms with E-state index < -0.39 is 5.60 Å². The van der Waals surface area contributed by atoms with E-state index in [0.29, 0.717) is 6.54 Å². The minimum atomic E-state index is -0.553. The summed E-state index contributed by atoms with van der Waals surface area (Å²) < 4.78 is 2.12. The van der Waals surface area contributed by atoms with Crippen LogP contribution in [0.5, 0.6) is 0 Å². The van der Waals surface area contributed by atoms with Crippen molar-refractivity contribution in [2.45, 2.75) is 18.4 Å². The van der Waals surface area contributed by atoms with E-state index in [0.717, 1.165) is 19.4 Å². The number of benzene rings is 1. The van der Waals surface area contributed by atoms with Crippen LogP contribution in [0.25, 0.3) is 10.9 Å². The molecule has 1 saturated heterocycles. The average Bonchev–Trinajstić information content (AvgIpc) is 2.87. The molecule has 2 N–H and O–H groups in total. The Labute approximate surface area is 101 Å². The van der Waals surface area contributed by atoms with Gasteiger partial charge in [-0.15, -0.1) is 0 Å². The SMILES string of the molecule is Cn1ccc2cc(CC3(O)CCNC3)ccc21. The first-order valence-electron chi connectivity index (χ1n) is 6.13. The molecule has 0 aliphatic carbocycles. The van der Waals surface area contributed by atoms with Crippen LogP contribution in [-0.4, -0.2) is 28.4 Å². The summed E-state index contributed by atoms with van der Waals surface area (Å²) in [7, 11) is 2.05. The Morgan fingerprint density at radius 2 is 2.29 bits per heavy atom. The van der Waals surface area contributed by atoms with Crippen LogP contribution >= 0.6 is 0 Å². The van der Waals surface area contributed by atoms with Gasteiger partial charge in [-0.1, -0.05) is 6.07 Å². The van der Waals surface area contributed by atoms with E-state index in [2.05, 4.69) is 47.4 Å².